The van der Waals surface area contributed by atoms with E-state index in [1.165, 1.54) is 0 Å². The number of nitrogen functional groups attached to an aromatic ring is 1. The number of imidazole rings is 1. The number of thioether (sulfide) groups is 1. The highest BCUT2D eigenvalue weighted by Gasteiger charge is 2.16. The van der Waals surface area contributed by atoms with Crippen molar-refractivity contribution < 1.29 is 0 Å². The Morgan fingerprint density at radius 2 is 1.95 bits per heavy atom. The van der Waals surface area contributed by atoms with Gasteiger partial charge in [0.2, 0.25) is 0 Å². The van der Waals surface area contributed by atoms with E-state index in [2.05, 4.69) is 36.8 Å². The molecule has 1 aromatic carbocycles. The molecule has 4 heteroatoms. The van der Waals surface area contributed by atoms with Crippen LogP contribution < -0.4 is 5.73 Å². The number of hydrogen-bond donors (Lipinski definition) is 1. The molecule has 0 bridgehead atoms. The van der Waals surface area contributed by atoms with Gasteiger partial charge in [-0.25, -0.2) is 4.98 Å². The SMILES string of the molecule is CSCCCc1nc(-c2ccccc2)n(CC(C)C)c1N. The monoisotopic (exact) mass is 303 g/mol. The van der Waals surface area contributed by atoms with Crippen molar-refractivity contribution in [3.63, 3.8) is 0 Å². The van der Waals surface area contributed by atoms with Crippen LogP contribution in [0.4, 0.5) is 5.82 Å². The summed E-state index contributed by atoms with van der Waals surface area (Å²) in [6.45, 7) is 5.33. The van der Waals surface area contributed by atoms with Crippen molar-refractivity contribution in [2.24, 2.45) is 5.92 Å². The summed E-state index contributed by atoms with van der Waals surface area (Å²) in [5.41, 5.74) is 8.55. The standard InChI is InChI=1S/C17H25N3S/c1-13(2)12-20-16(18)15(10-7-11-21-3)19-17(20)14-8-5-4-6-9-14/h4-6,8-9,13H,7,10-12,18H2,1-3H3. The van der Waals surface area contributed by atoms with E-state index >= 15 is 0 Å². The highest BCUT2D eigenvalue weighted by molar-refractivity contribution is 7.98. The van der Waals surface area contributed by atoms with Crippen LogP contribution in [0, 0.1) is 5.92 Å². The molecule has 1 heterocycles. The molecular weight excluding hydrogens is 278 g/mol. The van der Waals surface area contributed by atoms with E-state index in [1.807, 2.05) is 30.0 Å². The molecule has 0 aliphatic carbocycles. The minimum atomic E-state index is 0.544. The summed E-state index contributed by atoms with van der Waals surface area (Å²) in [5.74, 6) is 3.53. The Hall–Kier alpha value is -1.42. The van der Waals surface area contributed by atoms with Crippen LogP contribution in [0.2, 0.25) is 0 Å². The second-order valence-electron chi connectivity index (χ2n) is 5.73. The van der Waals surface area contributed by atoms with Gasteiger partial charge in [-0.05, 0) is 30.8 Å². The van der Waals surface area contributed by atoms with Gasteiger partial charge >= 0.3 is 0 Å². The normalized spacial score (nSPS) is 11.2. The molecular formula is C17H25N3S. The van der Waals surface area contributed by atoms with Crippen LogP contribution in [-0.4, -0.2) is 21.6 Å². The lowest BCUT2D eigenvalue weighted by Crippen LogP contribution is -2.10. The summed E-state index contributed by atoms with van der Waals surface area (Å²) in [7, 11) is 0. The first-order chi connectivity index (χ1) is 10.1. The van der Waals surface area contributed by atoms with E-state index in [0.29, 0.717) is 5.92 Å². The molecule has 0 saturated carbocycles. The molecule has 0 spiro atoms. The minimum absolute atomic E-state index is 0.544. The molecule has 114 valence electrons. The van der Waals surface area contributed by atoms with Crippen molar-refractivity contribution in [2.75, 3.05) is 17.7 Å². The lowest BCUT2D eigenvalue weighted by atomic mass is 10.2. The average molecular weight is 303 g/mol. The highest BCUT2D eigenvalue weighted by Crippen LogP contribution is 2.26. The van der Waals surface area contributed by atoms with E-state index in [-0.39, 0.29) is 0 Å². The topological polar surface area (TPSA) is 43.8 Å². The number of aryl methyl sites for hydroxylation is 1. The fourth-order valence-corrected chi connectivity index (χ4v) is 2.87. The second kappa shape index (κ2) is 7.55. The Bertz CT molecular complexity index is 561. The van der Waals surface area contributed by atoms with Gasteiger partial charge in [-0.1, -0.05) is 44.2 Å². The van der Waals surface area contributed by atoms with Crippen LogP contribution in [0.5, 0.6) is 0 Å². The van der Waals surface area contributed by atoms with Crippen molar-refractivity contribution in [1.82, 2.24) is 9.55 Å². The summed E-state index contributed by atoms with van der Waals surface area (Å²) in [5, 5.41) is 0. The third kappa shape index (κ3) is 4.03. The van der Waals surface area contributed by atoms with Crippen molar-refractivity contribution in [2.45, 2.75) is 33.2 Å². The quantitative estimate of drug-likeness (QED) is 0.784. The van der Waals surface area contributed by atoms with E-state index < -0.39 is 0 Å². The largest absolute Gasteiger partial charge is 0.384 e. The van der Waals surface area contributed by atoms with Crippen LogP contribution in [0.25, 0.3) is 11.4 Å². The molecule has 2 N–H and O–H groups in total. The van der Waals surface area contributed by atoms with E-state index in [9.17, 15) is 0 Å². The van der Waals surface area contributed by atoms with E-state index in [4.69, 9.17) is 10.7 Å². The number of hydrogen-bond acceptors (Lipinski definition) is 3. The van der Waals surface area contributed by atoms with Gasteiger partial charge < -0.3 is 10.3 Å². The molecule has 0 amide bonds. The van der Waals surface area contributed by atoms with Gasteiger partial charge in [0.05, 0.1) is 5.69 Å². The maximum absolute atomic E-state index is 6.37. The predicted molar refractivity (Wildman–Crippen MR) is 93.6 cm³/mol. The van der Waals surface area contributed by atoms with E-state index in [0.717, 1.165) is 48.0 Å². The van der Waals surface area contributed by atoms with Crippen LogP contribution in [-0.2, 0) is 13.0 Å². The third-order valence-corrected chi connectivity index (χ3v) is 4.12. The maximum Gasteiger partial charge on any atom is 0.141 e. The lowest BCUT2D eigenvalue weighted by molar-refractivity contribution is 0.531. The zero-order chi connectivity index (χ0) is 15.2. The number of anilines is 1. The lowest BCUT2D eigenvalue weighted by Gasteiger charge is -2.12. The summed E-state index contributed by atoms with van der Waals surface area (Å²) in [6, 6.07) is 10.3. The highest BCUT2D eigenvalue weighted by atomic mass is 32.2. The number of benzene rings is 1. The summed E-state index contributed by atoms with van der Waals surface area (Å²) < 4.78 is 2.18. The predicted octanol–water partition coefficient (Wildman–Crippen LogP) is 4.08. The van der Waals surface area contributed by atoms with Gasteiger partial charge in [0.15, 0.2) is 0 Å². The van der Waals surface area contributed by atoms with Gasteiger partial charge in [0.1, 0.15) is 11.6 Å². The third-order valence-electron chi connectivity index (χ3n) is 3.42. The van der Waals surface area contributed by atoms with Crippen LogP contribution >= 0.6 is 11.8 Å². The van der Waals surface area contributed by atoms with E-state index in [1.54, 1.807) is 0 Å². The summed E-state index contributed by atoms with van der Waals surface area (Å²) in [6.07, 6.45) is 4.21. The van der Waals surface area contributed by atoms with Gasteiger partial charge in [0, 0.05) is 12.1 Å². The van der Waals surface area contributed by atoms with Crippen molar-refractivity contribution in [3.05, 3.63) is 36.0 Å². The fourth-order valence-electron chi connectivity index (χ4n) is 2.44. The van der Waals surface area contributed by atoms with Gasteiger partial charge in [-0.3, -0.25) is 0 Å². The molecule has 0 aliphatic rings. The first kappa shape index (κ1) is 16.0. The fraction of sp³-hybridized carbons (Fsp3) is 0.471. The zero-order valence-corrected chi connectivity index (χ0v) is 14.0. The second-order valence-corrected chi connectivity index (χ2v) is 6.72. The first-order valence-corrected chi connectivity index (χ1v) is 8.92. The Morgan fingerprint density at radius 3 is 2.57 bits per heavy atom. The minimum Gasteiger partial charge on any atom is -0.384 e. The Morgan fingerprint density at radius 1 is 1.24 bits per heavy atom. The molecule has 0 radical (unpaired) electrons. The summed E-state index contributed by atoms with van der Waals surface area (Å²) >= 11 is 1.87. The molecule has 21 heavy (non-hydrogen) atoms. The van der Waals surface area contributed by atoms with Gasteiger partial charge in [-0.2, -0.15) is 11.8 Å². The molecule has 3 nitrogen and oxygen atoms in total. The number of nitrogens with zero attached hydrogens (tertiary/aromatic N) is 2. The Kier molecular flexibility index (Phi) is 5.74. The first-order valence-electron chi connectivity index (χ1n) is 7.52. The molecule has 0 fully saturated rings. The van der Waals surface area contributed by atoms with Gasteiger partial charge in [0.25, 0.3) is 0 Å². The van der Waals surface area contributed by atoms with Crippen molar-refractivity contribution in [1.29, 1.82) is 0 Å². The zero-order valence-electron chi connectivity index (χ0n) is 13.2. The summed E-state index contributed by atoms with van der Waals surface area (Å²) in [4.78, 5) is 4.83. The molecule has 1 aromatic heterocycles. The molecule has 2 rings (SSSR count). The van der Waals surface area contributed by atoms with Crippen molar-refractivity contribution >= 4 is 17.6 Å². The van der Waals surface area contributed by atoms with Crippen LogP contribution in [0.15, 0.2) is 30.3 Å². The number of rotatable bonds is 7. The Balaban J connectivity index is 2.35. The smallest absolute Gasteiger partial charge is 0.141 e. The molecule has 2 aromatic rings. The maximum atomic E-state index is 6.37. The molecule has 0 atom stereocenters. The molecule has 0 aliphatic heterocycles. The molecule has 0 unspecified atom stereocenters. The Labute approximate surface area is 132 Å². The average Bonchev–Trinajstić information content (AvgIpc) is 2.77. The number of aromatic nitrogens is 2. The number of nitrogens with two attached hydrogens (primary N) is 1. The van der Waals surface area contributed by atoms with Crippen LogP contribution in [0.1, 0.15) is 26.0 Å². The van der Waals surface area contributed by atoms with Gasteiger partial charge in [-0.15, -0.1) is 0 Å². The van der Waals surface area contributed by atoms with Crippen molar-refractivity contribution in [3.8, 4) is 11.4 Å². The van der Waals surface area contributed by atoms with Crippen LogP contribution in [0.3, 0.4) is 0 Å². The molecule has 0 saturated heterocycles.